The fourth-order valence-electron chi connectivity index (χ4n) is 2.37. The van der Waals surface area contributed by atoms with Crippen LogP contribution in [0.2, 0.25) is 0 Å². The molecule has 1 aliphatic rings. The zero-order valence-electron chi connectivity index (χ0n) is 12.5. The first-order chi connectivity index (χ1) is 9.30. The smallest absolute Gasteiger partial charge is 0.234 e. The Bertz CT molecular complexity index is 547. The number of anilines is 1. The average molecular weight is 274 g/mol. The lowest BCUT2D eigenvalue weighted by Gasteiger charge is -2.16. The summed E-state index contributed by atoms with van der Waals surface area (Å²) in [5.74, 6) is 0.443. The average Bonchev–Trinajstić information content (AvgIpc) is 2.57. The first-order valence-electron chi connectivity index (χ1n) is 7.02. The summed E-state index contributed by atoms with van der Waals surface area (Å²) in [5, 5.41) is 5.80. The standard InChI is InChI=1S/C16H22N2O2/c1-10(2)7-14(19)17-9-11-5-6-13-12(8-11)16(3,4)15(20)18-13/h5-6,8,10H,7,9H2,1-4H3,(H,17,19)(H,18,20). The lowest BCUT2D eigenvalue weighted by Crippen LogP contribution is -2.27. The monoisotopic (exact) mass is 274 g/mol. The van der Waals surface area contributed by atoms with Crippen LogP contribution in [0.25, 0.3) is 0 Å². The minimum absolute atomic E-state index is 0.0218. The molecule has 4 heteroatoms. The van der Waals surface area contributed by atoms with Crippen LogP contribution < -0.4 is 10.6 Å². The zero-order valence-corrected chi connectivity index (χ0v) is 12.5. The van der Waals surface area contributed by atoms with Crippen molar-refractivity contribution in [3.05, 3.63) is 29.3 Å². The van der Waals surface area contributed by atoms with Gasteiger partial charge in [0.1, 0.15) is 0 Å². The molecule has 0 fully saturated rings. The summed E-state index contributed by atoms with van der Waals surface area (Å²) >= 11 is 0. The molecule has 0 atom stereocenters. The van der Waals surface area contributed by atoms with Gasteiger partial charge >= 0.3 is 0 Å². The molecular formula is C16H22N2O2. The van der Waals surface area contributed by atoms with Crippen molar-refractivity contribution in [2.45, 2.75) is 46.1 Å². The molecule has 1 aliphatic heterocycles. The quantitative estimate of drug-likeness (QED) is 0.886. The fourth-order valence-corrected chi connectivity index (χ4v) is 2.37. The van der Waals surface area contributed by atoms with Gasteiger partial charge in [0.2, 0.25) is 11.8 Å². The van der Waals surface area contributed by atoms with Gasteiger partial charge in [-0.05, 0) is 37.0 Å². The van der Waals surface area contributed by atoms with Crippen molar-refractivity contribution >= 4 is 17.5 Å². The van der Waals surface area contributed by atoms with Gasteiger partial charge < -0.3 is 10.6 Å². The summed E-state index contributed by atoms with van der Waals surface area (Å²) in [7, 11) is 0. The minimum atomic E-state index is -0.507. The number of fused-ring (bicyclic) bond motifs is 1. The van der Waals surface area contributed by atoms with E-state index in [1.807, 2.05) is 45.9 Å². The molecule has 2 rings (SSSR count). The van der Waals surface area contributed by atoms with Crippen LogP contribution in [0.1, 0.15) is 45.2 Å². The highest BCUT2D eigenvalue weighted by molar-refractivity contribution is 6.05. The van der Waals surface area contributed by atoms with Crippen LogP contribution in [0.4, 0.5) is 5.69 Å². The predicted molar refractivity (Wildman–Crippen MR) is 79.4 cm³/mol. The van der Waals surface area contributed by atoms with E-state index in [1.54, 1.807) is 0 Å². The molecule has 0 aliphatic carbocycles. The molecule has 2 amide bonds. The molecule has 1 heterocycles. The second-order valence-corrected chi connectivity index (χ2v) is 6.33. The lowest BCUT2D eigenvalue weighted by atomic mass is 9.85. The van der Waals surface area contributed by atoms with Crippen LogP contribution in [0.15, 0.2) is 18.2 Å². The Morgan fingerprint density at radius 1 is 1.35 bits per heavy atom. The maximum atomic E-state index is 11.9. The number of hydrogen-bond donors (Lipinski definition) is 2. The van der Waals surface area contributed by atoms with Crippen LogP contribution in [-0.2, 0) is 21.5 Å². The Hall–Kier alpha value is -1.84. The molecule has 0 bridgehead atoms. The van der Waals surface area contributed by atoms with E-state index >= 15 is 0 Å². The van der Waals surface area contributed by atoms with Gasteiger partial charge in [-0.3, -0.25) is 9.59 Å². The second-order valence-electron chi connectivity index (χ2n) is 6.33. The summed E-state index contributed by atoms with van der Waals surface area (Å²) in [6.07, 6.45) is 0.538. The lowest BCUT2D eigenvalue weighted by molar-refractivity contribution is -0.122. The van der Waals surface area contributed by atoms with Crippen molar-refractivity contribution in [1.29, 1.82) is 0 Å². The molecule has 2 N–H and O–H groups in total. The van der Waals surface area contributed by atoms with Crippen molar-refractivity contribution in [3.63, 3.8) is 0 Å². The second kappa shape index (κ2) is 5.27. The van der Waals surface area contributed by atoms with Crippen molar-refractivity contribution in [2.75, 3.05) is 5.32 Å². The number of carbonyl (C=O) groups is 2. The van der Waals surface area contributed by atoms with Gasteiger partial charge in [0.05, 0.1) is 5.41 Å². The van der Waals surface area contributed by atoms with Crippen LogP contribution in [0, 0.1) is 5.92 Å². The number of rotatable bonds is 4. The predicted octanol–water partition coefficient (Wildman–Crippen LogP) is 2.58. The summed E-state index contributed by atoms with van der Waals surface area (Å²) in [6.45, 7) is 8.37. The fraction of sp³-hybridized carbons (Fsp3) is 0.500. The van der Waals surface area contributed by atoms with Crippen LogP contribution >= 0.6 is 0 Å². The van der Waals surface area contributed by atoms with Gasteiger partial charge in [-0.15, -0.1) is 0 Å². The highest BCUT2D eigenvalue weighted by Gasteiger charge is 2.38. The highest BCUT2D eigenvalue weighted by atomic mass is 16.2. The Morgan fingerprint density at radius 2 is 2.05 bits per heavy atom. The Kier molecular flexibility index (Phi) is 3.84. The van der Waals surface area contributed by atoms with Crippen molar-refractivity contribution in [2.24, 2.45) is 5.92 Å². The Labute approximate surface area is 119 Å². The molecule has 1 aromatic rings. The number of nitrogens with one attached hydrogen (secondary N) is 2. The molecule has 0 aromatic heterocycles. The molecule has 0 saturated heterocycles. The number of amides is 2. The molecular weight excluding hydrogens is 252 g/mol. The summed E-state index contributed by atoms with van der Waals surface area (Å²) < 4.78 is 0. The maximum absolute atomic E-state index is 11.9. The van der Waals surface area contributed by atoms with Gasteiger partial charge in [-0.2, -0.15) is 0 Å². The molecule has 0 unspecified atom stereocenters. The molecule has 4 nitrogen and oxygen atoms in total. The van der Waals surface area contributed by atoms with E-state index in [1.165, 1.54) is 0 Å². The van der Waals surface area contributed by atoms with Crippen LogP contribution in [0.3, 0.4) is 0 Å². The Morgan fingerprint density at radius 3 is 2.70 bits per heavy atom. The third kappa shape index (κ3) is 2.84. The van der Waals surface area contributed by atoms with Crippen molar-refractivity contribution < 1.29 is 9.59 Å². The Balaban J connectivity index is 2.08. The van der Waals surface area contributed by atoms with Gasteiger partial charge in [0, 0.05) is 18.7 Å². The summed E-state index contributed by atoms with van der Waals surface area (Å²) in [5.41, 5.74) is 2.38. The van der Waals surface area contributed by atoms with E-state index in [-0.39, 0.29) is 11.8 Å². The molecule has 20 heavy (non-hydrogen) atoms. The third-order valence-electron chi connectivity index (χ3n) is 3.66. The van der Waals surface area contributed by atoms with Crippen molar-refractivity contribution in [3.8, 4) is 0 Å². The van der Waals surface area contributed by atoms with Gasteiger partial charge in [-0.25, -0.2) is 0 Å². The van der Waals surface area contributed by atoms with E-state index in [9.17, 15) is 9.59 Å². The van der Waals surface area contributed by atoms with Gasteiger partial charge in [0.15, 0.2) is 0 Å². The normalized spacial score (nSPS) is 15.9. The molecule has 0 spiro atoms. The van der Waals surface area contributed by atoms with Crippen LogP contribution in [0.5, 0.6) is 0 Å². The first kappa shape index (κ1) is 14.6. The van der Waals surface area contributed by atoms with Gasteiger partial charge in [-0.1, -0.05) is 26.0 Å². The summed E-state index contributed by atoms with van der Waals surface area (Å²) in [4.78, 5) is 23.5. The molecule has 0 radical (unpaired) electrons. The third-order valence-corrected chi connectivity index (χ3v) is 3.66. The summed E-state index contributed by atoms with van der Waals surface area (Å²) in [6, 6.07) is 5.85. The van der Waals surface area contributed by atoms with Gasteiger partial charge in [0.25, 0.3) is 0 Å². The molecule has 0 saturated carbocycles. The van der Waals surface area contributed by atoms with E-state index in [2.05, 4.69) is 10.6 Å². The van der Waals surface area contributed by atoms with Crippen LogP contribution in [-0.4, -0.2) is 11.8 Å². The van der Waals surface area contributed by atoms with E-state index in [0.29, 0.717) is 18.9 Å². The zero-order chi connectivity index (χ0) is 14.9. The topological polar surface area (TPSA) is 58.2 Å². The maximum Gasteiger partial charge on any atom is 0.234 e. The van der Waals surface area contributed by atoms with E-state index in [0.717, 1.165) is 16.8 Å². The number of benzene rings is 1. The molecule has 108 valence electrons. The first-order valence-corrected chi connectivity index (χ1v) is 7.02. The van der Waals surface area contributed by atoms with Crippen molar-refractivity contribution in [1.82, 2.24) is 5.32 Å². The SMILES string of the molecule is CC(C)CC(=O)NCc1ccc2c(c1)C(C)(C)C(=O)N2. The highest BCUT2D eigenvalue weighted by Crippen LogP contribution is 2.37. The van der Waals surface area contributed by atoms with E-state index < -0.39 is 5.41 Å². The molecule has 1 aromatic carbocycles. The largest absolute Gasteiger partial charge is 0.352 e. The number of hydrogen-bond acceptors (Lipinski definition) is 2. The van der Waals surface area contributed by atoms with E-state index in [4.69, 9.17) is 0 Å². The number of carbonyl (C=O) groups excluding carboxylic acids is 2. The minimum Gasteiger partial charge on any atom is -0.352 e.